The maximum atomic E-state index is 12.9. The van der Waals surface area contributed by atoms with Crippen LogP contribution in [0.2, 0.25) is 0 Å². The highest BCUT2D eigenvalue weighted by Crippen LogP contribution is 2.31. The number of aryl methyl sites for hydroxylation is 2. The number of unbranched alkanes of at least 4 members (excludes halogenated alkanes) is 1. The molecular formula is C42H45N5O7. The van der Waals surface area contributed by atoms with Gasteiger partial charge in [-0.05, 0) is 104 Å². The fourth-order valence-corrected chi connectivity index (χ4v) is 7.25. The summed E-state index contributed by atoms with van der Waals surface area (Å²) in [5, 5.41) is 27.8. The number of aliphatic hydroxyl groups is 1. The fraction of sp³-hybridized carbons (Fsp3) is 0.310. The third-order valence-electron chi connectivity index (χ3n) is 10.2. The summed E-state index contributed by atoms with van der Waals surface area (Å²) in [6, 6.07) is 27.8. The van der Waals surface area contributed by atoms with Crippen molar-refractivity contribution in [3.8, 4) is 16.9 Å². The van der Waals surface area contributed by atoms with Crippen LogP contribution in [0.3, 0.4) is 0 Å². The lowest BCUT2D eigenvalue weighted by Gasteiger charge is -2.26. The number of carbonyl (C=O) groups excluding carboxylic acids is 1. The molecule has 7 N–H and O–H groups in total. The molecule has 1 saturated carbocycles. The Kier molecular flexibility index (Phi) is 11.2. The second-order valence-electron chi connectivity index (χ2n) is 14.0. The Morgan fingerprint density at radius 2 is 1.74 bits per heavy atom. The average molecular weight is 732 g/mol. The highest BCUT2D eigenvalue weighted by Gasteiger charge is 2.22. The van der Waals surface area contributed by atoms with Gasteiger partial charge in [-0.1, -0.05) is 48.5 Å². The van der Waals surface area contributed by atoms with Crippen molar-refractivity contribution >= 4 is 33.8 Å². The first-order valence-electron chi connectivity index (χ1n) is 18.5. The van der Waals surface area contributed by atoms with Crippen molar-refractivity contribution in [1.29, 1.82) is 0 Å². The highest BCUT2D eigenvalue weighted by molar-refractivity contribution is 5.92. The maximum absolute atomic E-state index is 12.9. The molecule has 1 aliphatic rings. The Morgan fingerprint density at radius 1 is 0.944 bits per heavy atom. The van der Waals surface area contributed by atoms with E-state index in [0.717, 1.165) is 72.7 Å². The van der Waals surface area contributed by atoms with Gasteiger partial charge in [0.1, 0.15) is 11.9 Å². The predicted molar refractivity (Wildman–Crippen MR) is 209 cm³/mol. The zero-order valence-corrected chi connectivity index (χ0v) is 29.9. The monoisotopic (exact) mass is 731 g/mol. The van der Waals surface area contributed by atoms with Crippen molar-refractivity contribution in [2.24, 2.45) is 5.73 Å². The number of nitrogens with zero attached hydrogens (tertiary/aromatic N) is 1. The first-order chi connectivity index (χ1) is 26.2. The van der Waals surface area contributed by atoms with E-state index in [1.807, 2.05) is 60.7 Å². The minimum atomic E-state index is -0.892. The van der Waals surface area contributed by atoms with Gasteiger partial charge in [-0.2, -0.15) is 0 Å². The van der Waals surface area contributed by atoms with Gasteiger partial charge in [0, 0.05) is 42.7 Å². The number of fused-ring (bicyclic) bond motifs is 2. The first kappa shape index (κ1) is 36.7. The van der Waals surface area contributed by atoms with E-state index in [9.17, 15) is 24.6 Å². The Balaban J connectivity index is 0.940. The second-order valence-corrected chi connectivity index (χ2v) is 14.0. The Hall–Kier alpha value is -5.69. The minimum absolute atomic E-state index is 0.0634. The molecule has 1 amide bonds. The van der Waals surface area contributed by atoms with Crippen molar-refractivity contribution in [3.63, 3.8) is 0 Å². The van der Waals surface area contributed by atoms with Gasteiger partial charge in [-0.15, -0.1) is 0 Å². The molecular weight excluding hydrogens is 686 g/mol. The van der Waals surface area contributed by atoms with Crippen LogP contribution in [0.5, 0.6) is 5.75 Å². The molecule has 1 aliphatic carbocycles. The smallest absolute Gasteiger partial charge is 0.419 e. The van der Waals surface area contributed by atoms with Crippen LogP contribution in [0, 0.1) is 0 Å². The standard InChI is InChI=1S/C42H45N5O7/c43-29-11-13-30(14-12-29)53-41(51)45-34-17-9-26(22-33(34)28-7-2-1-3-8-28)6-4-5-21-47-35-18-10-27(23-38(35)54-42(47)52)24-44-25-37(49)31-15-19-36(48)40-32(31)16-20-39(50)46-40/h1-3,7-10,15-20,22-23,29-30,37,44,48-49H,4-6,11-14,21,24-25,43H2,(H,45,51)(H,46,50)/t29?,30?,37-/m0/s1. The van der Waals surface area contributed by atoms with Gasteiger partial charge in [-0.3, -0.25) is 14.7 Å². The van der Waals surface area contributed by atoms with Gasteiger partial charge in [0.05, 0.1) is 22.8 Å². The number of oxazole rings is 1. The van der Waals surface area contributed by atoms with Crippen LogP contribution in [0.1, 0.15) is 61.3 Å². The van der Waals surface area contributed by atoms with E-state index >= 15 is 0 Å². The summed E-state index contributed by atoms with van der Waals surface area (Å²) in [4.78, 5) is 40.0. The number of aromatic amines is 1. The zero-order chi connectivity index (χ0) is 37.6. The summed E-state index contributed by atoms with van der Waals surface area (Å²) in [5.74, 6) is -0.473. The molecule has 0 bridgehead atoms. The van der Waals surface area contributed by atoms with Crippen molar-refractivity contribution in [3.05, 3.63) is 129 Å². The van der Waals surface area contributed by atoms with Gasteiger partial charge < -0.3 is 35.4 Å². The van der Waals surface area contributed by atoms with Crippen molar-refractivity contribution < 1.29 is 24.2 Å². The zero-order valence-electron chi connectivity index (χ0n) is 29.9. The number of carbonyl (C=O) groups is 1. The molecule has 0 aliphatic heterocycles. The van der Waals surface area contributed by atoms with E-state index in [1.54, 1.807) is 16.7 Å². The second kappa shape index (κ2) is 16.5. The topological polar surface area (TPSA) is 185 Å². The van der Waals surface area contributed by atoms with Crippen LogP contribution >= 0.6 is 0 Å². The largest absolute Gasteiger partial charge is 0.506 e. The number of benzene rings is 4. The Bertz CT molecular complexity index is 2360. The fourth-order valence-electron chi connectivity index (χ4n) is 7.25. The number of phenols is 1. The molecule has 4 aromatic carbocycles. The van der Waals surface area contributed by atoms with Gasteiger partial charge in [-0.25, -0.2) is 9.59 Å². The average Bonchev–Trinajstić information content (AvgIpc) is 3.49. The quantitative estimate of drug-likeness (QED) is 0.0725. The van der Waals surface area contributed by atoms with Gasteiger partial charge in [0.2, 0.25) is 5.56 Å². The number of nitrogens with one attached hydrogen (secondary N) is 3. The van der Waals surface area contributed by atoms with Gasteiger partial charge in [0.25, 0.3) is 0 Å². The third-order valence-corrected chi connectivity index (χ3v) is 10.2. The lowest BCUT2D eigenvalue weighted by Crippen LogP contribution is -2.32. The number of rotatable bonds is 13. The molecule has 6 aromatic rings. The van der Waals surface area contributed by atoms with E-state index in [1.165, 1.54) is 12.1 Å². The third kappa shape index (κ3) is 8.57. The lowest BCUT2D eigenvalue weighted by molar-refractivity contribution is 0.0826. The van der Waals surface area contributed by atoms with E-state index in [2.05, 4.69) is 21.7 Å². The summed E-state index contributed by atoms with van der Waals surface area (Å²) in [7, 11) is 0. The normalized spacial score (nSPS) is 16.4. The number of hydrogen-bond donors (Lipinski definition) is 6. The number of ether oxygens (including phenoxy) is 1. The molecule has 1 atom stereocenters. The van der Waals surface area contributed by atoms with Crippen molar-refractivity contribution in [2.75, 3.05) is 11.9 Å². The van der Waals surface area contributed by atoms with Crippen molar-refractivity contribution in [2.45, 2.75) is 76.3 Å². The van der Waals surface area contributed by atoms with Crippen LogP contribution in [-0.4, -0.2) is 44.5 Å². The molecule has 0 unspecified atom stereocenters. The molecule has 0 radical (unpaired) electrons. The molecule has 0 spiro atoms. The number of H-pyrrole nitrogens is 1. The van der Waals surface area contributed by atoms with Crippen LogP contribution in [-0.2, 0) is 24.2 Å². The number of anilines is 1. The summed E-state index contributed by atoms with van der Waals surface area (Å²) in [6.07, 6.45) is 4.18. The molecule has 2 heterocycles. The number of phenolic OH excluding ortho intramolecular Hbond substituents is 1. The molecule has 0 saturated heterocycles. The molecule has 1 fully saturated rings. The van der Waals surface area contributed by atoms with Gasteiger partial charge >= 0.3 is 11.8 Å². The molecule has 54 heavy (non-hydrogen) atoms. The molecule has 12 nitrogen and oxygen atoms in total. The van der Waals surface area contributed by atoms with E-state index in [0.29, 0.717) is 35.3 Å². The molecule has 280 valence electrons. The summed E-state index contributed by atoms with van der Waals surface area (Å²) < 4.78 is 13.0. The Morgan fingerprint density at radius 3 is 2.56 bits per heavy atom. The Labute approximate surface area is 311 Å². The van der Waals surface area contributed by atoms with Crippen LogP contribution in [0.4, 0.5) is 10.5 Å². The lowest BCUT2D eigenvalue weighted by atomic mass is 9.94. The predicted octanol–water partition coefficient (Wildman–Crippen LogP) is 6.47. The van der Waals surface area contributed by atoms with Crippen molar-refractivity contribution in [1.82, 2.24) is 14.9 Å². The van der Waals surface area contributed by atoms with Crippen LogP contribution in [0.25, 0.3) is 33.1 Å². The SMILES string of the molecule is NC1CCC(OC(=O)Nc2ccc(CCCCn3c(=O)oc4cc(CNC[C@H](O)c5ccc(O)c6[nH]c(=O)ccc56)ccc43)cc2-c2ccccc2)CC1. The van der Waals surface area contributed by atoms with E-state index in [4.69, 9.17) is 14.9 Å². The number of aliphatic hydroxyl groups excluding tert-OH is 1. The molecule has 7 rings (SSSR count). The highest BCUT2D eigenvalue weighted by atomic mass is 16.6. The first-order valence-corrected chi connectivity index (χ1v) is 18.5. The molecule has 2 aromatic heterocycles. The summed E-state index contributed by atoms with van der Waals surface area (Å²) >= 11 is 0. The minimum Gasteiger partial charge on any atom is -0.506 e. The maximum Gasteiger partial charge on any atom is 0.419 e. The number of pyridine rings is 1. The summed E-state index contributed by atoms with van der Waals surface area (Å²) in [6.45, 7) is 1.15. The van der Waals surface area contributed by atoms with Crippen LogP contribution in [0.15, 0.2) is 105 Å². The van der Waals surface area contributed by atoms with Crippen LogP contribution < -0.4 is 27.7 Å². The number of aromatic nitrogens is 2. The number of nitrogens with two attached hydrogens (primary N) is 1. The van der Waals surface area contributed by atoms with Gasteiger partial charge in [0.15, 0.2) is 5.58 Å². The van der Waals surface area contributed by atoms with E-state index in [-0.39, 0.29) is 35.5 Å². The summed E-state index contributed by atoms with van der Waals surface area (Å²) in [5.41, 5.74) is 12.3. The van der Waals surface area contributed by atoms with E-state index < -0.39 is 18.0 Å². The number of aromatic hydroxyl groups is 1. The molecule has 12 heteroatoms. The number of hydrogen-bond acceptors (Lipinski definition) is 9. The number of amides is 1.